The molecule has 0 saturated carbocycles. The smallest absolute Gasteiger partial charge is 0.0510 e. The summed E-state index contributed by atoms with van der Waals surface area (Å²) in [6.07, 6.45) is 1.40. The monoisotopic (exact) mass is 168 g/mol. The van der Waals surface area contributed by atoms with Crippen molar-refractivity contribution in [1.29, 1.82) is 0 Å². The molecule has 48 valence electrons. The lowest BCUT2D eigenvalue weighted by molar-refractivity contribution is 1.01. The van der Waals surface area contributed by atoms with Crippen LogP contribution < -0.4 is 0 Å². The van der Waals surface area contributed by atoms with Gasteiger partial charge in [0.25, 0.3) is 0 Å². The predicted octanol–water partition coefficient (Wildman–Crippen LogP) is 2.42. The van der Waals surface area contributed by atoms with Crippen LogP contribution in [0.15, 0.2) is 0 Å². The first-order valence-electron chi connectivity index (χ1n) is 2.72. The van der Waals surface area contributed by atoms with Crippen LogP contribution in [0.2, 0.25) is 0 Å². The molecule has 0 aromatic heterocycles. The maximum absolute atomic E-state index is 5.50. The highest BCUT2D eigenvalue weighted by atomic mass is 35.5. The Labute approximate surface area is 63.7 Å². The van der Waals surface area contributed by atoms with Crippen molar-refractivity contribution in [3.63, 3.8) is 0 Å². The van der Waals surface area contributed by atoms with E-state index >= 15 is 0 Å². The largest absolute Gasteiger partial charge is 0.148 e. The lowest BCUT2D eigenvalue weighted by atomic mass is 10.5. The second kappa shape index (κ2) is 3.91. The Kier molecular flexibility index (Phi) is 3.47. The van der Waals surface area contributed by atoms with E-state index in [4.69, 9.17) is 11.6 Å². The van der Waals surface area contributed by atoms with Gasteiger partial charge in [-0.1, -0.05) is 0 Å². The van der Waals surface area contributed by atoms with Crippen LogP contribution in [0.3, 0.4) is 0 Å². The number of hydrogen-bond acceptors (Lipinski definition) is 2. The summed E-state index contributed by atoms with van der Waals surface area (Å²) in [5.41, 5.74) is 0. The van der Waals surface area contributed by atoms with Gasteiger partial charge in [0.15, 0.2) is 0 Å². The lowest BCUT2D eigenvalue weighted by Crippen LogP contribution is -2.11. The van der Waals surface area contributed by atoms with Gasteiger partial charge in [-0.3, -0.25) is 0 Å². The quantitative estimate of drug-likeness (QED) is 0.594. The molecule has 8 heavy (non-hydrogen) atoms. The molecule has 0 amide bonds. The molecule has 1 atom stereocenters. The average Bonchev–Trinajstić information content (AvgIpc) is 1.63. The lowest BCUT2D eigenvalue weighted by Gasteiger charge is -2.23. The van der Waals surface area contributed by atoms with E-state index in [9.17, 15) is 0 Å². The highest BCUT2D eigenvalue weighted by Crippen LogP contribution is 2.36. The van der Waals surface area contributed by atoms with Crippen molar-refractivity contribution < 1.29 is 0 Å². The third-order valence-corrected chi connectivity index (χ3v) is 4.39. The van der Waals surface area contributed by atoms with Crippen LogP contribution in [-0.2, 0) is 0 Å². The zero-order chi connectivity index (χ0) is 5.82. The van der Waals surface area contributed by atoms with Crippen LogP contribution in [0.4, 0.5) is 0 Å². The highest BCUT2D eigenvalue weighted by Gasteiger charge is 2.17. The predicted molar refractivity (Wildman–Crippen MR) is 44.0 cm³/mol. The minimum atomic E-state index is 0.807. The van der Waals surface area contributed by atoms with Crippen LogP contribution in [0.25, 0.3) is 0 Å². The molecule has 0 aromatic rings. The maximum Gasteiger partial charge on any atom is 0.0510 e. The number of halogens is 1. The van der Waals surface area contributed by atoms with Gasteiger partial charge >= 0.3 is 0 Å². The first-order chi connectivity index (χ1) is 3.93. The van der Waals surface area contributed by atoms with Gasteiger partial charge in [-0.15, -0.1) is 35.1 Å². The summed E-state index contributed by atoms with van der Waals surface area (Å²) in [4.78, 5) is 0. The fraction of sp³-hybridized carbons (Fsp3) is 1.00. The third-order valence-electron chi connectivity index (χ3n) is 1.04. The first kappa shape index (κ1) is 7.10. The van der Waals surface area contributed by atoms with Crippen LogP contribution in [0.1, 0.15) is 6.42 Å². The highest BCUT2D eigenvalue weighted by molar-refractivity contribution is 8.18. The van der Waals surface area contributed by atoms with Gasteiger partial charge < -0.3 is 0 Å². The number of thioether (sulfide) groups is 2. The Bertz CT molecular complexity index is 63.4. The molecule has 1 saturated heterocycles. The molecular formula is C5H9ClS2. The molecule has 1 rings (SSSR count). The summed E-state index contributed by atoms with van der Waals surface area (Å²) < 4.78 is 0.883. The molecular weight excluding hydrogens is 160 g/mol. The van der Waals surface area contributed by atoms with E-state index in [2.05, 4.69) is 0 Å². The fourth-order valence-corrected chi connectivity index (χ4v) is 2.99. The van der Waals surface area contributed by atoms with Crippen molar-refractivity contribution in [3.8, 4) is 0 Å². The molecule has 0 bridgehead atoms. The Hall–Kier alpha value is 0.990. The van der Waals surface area contributed by atoms with E-state index in [1.54, 1.807) is 0 Å². The van der Waals surface area contributed by atoms with Crippen molar-refractivity contribution in [1.82, 2.24) is 0 Å². The van der Waals surface area contributed by atoms with Crippen molar-refractivity contribution in [2.75, 3.05) is 17.4 Å². The van der Waals surface area contributed by atoms with Crippen LogP contribution in [-0.4, -0.2) is 22.0 Å². The molecule has 0 radical (unpaired) electrons. The van der Waals surface area contributed by atoms with E-state index in [1.807, 2.05) is 23.5 Å². The van der Waals surface area contributed by atoms with Gasteiger partial charge in [0.05, 0.1) is 4.58 Å². The molecule has 1 unspecified atom stereocenters. The number of hydrogen-bond donors (Lipinski definition) is 0. The van der Waals surface area contributed by atoms with Gasteiger partial charge in [-0.2, -0.15) is 0 Å². The Morgan fingerprint density at radius 2 is 2.50 bits per heavy atom. The van der Waals surface area contributed by atoms with Gasteiger partial charge in [0, 0.05) is 11.6 Å². The molecule has 3 heteroatoms. The molecule has 1 aliphatic heterocycles. The zero-order valence-electron chi connectivity index (χ0n) is 4.60. The molecule has 0 N–H and O–H groups in total. The van der Waals surface area contributed by atoms with E-state index in [0.717, 1.165) is 16.2 Å². The minimum Gasteiger partial charge on any atom is -0.148 e. The Morgan fingerprint density at radius 3 is 2.88 bits per heavy atom. The number of alkyl halides is 1. The molecule has 0 aromatic carbocycles. The van der Waals surface area contributed by atoms with Crippen LogP contribution in [0.5, 0.6) is 0 Å². The van der Waals surface area contributed by atoms with Crippen molar-refractivity contribution in [2.24, 2.45) is 0 Å². The van der Waals surface area contributed by atoms with E-state index in [0.29, 0.717) is 0 Å². The van der Waals surface area contributed by atoms with Gasteiger partial charge in [0.2, 0.25) is 0 Å². The SMILES string of the molecule is ClCCSC1CCS1. The van der Waals surface area contributed by atoms with E-state index in [-0.39, 0.29) is 0 Å². The fourth-order valence-electron chi connectivity index (χ4n) is 0.522. The maximum atomic E-state index is 5.50. The topological polar surface area (TPSA) is 0 Å². The van der Waals surface area contributed by atoms with E-state index < -0.39 is 0 Å². The second-order valence-electron chi connectivity index (χ2n) is 1.65. The van der Waals surface area contributed by atoms with Crippen molar-refractivity contribution >= 4 is 35.1 Å². The molecule has 0 spiro atoms. The van der Waals surface area contributed by atoms with Gasteiger partial charge in [-0.05, 0) is 12.2 Å². The summed E-state index contributed by atoms with van der Waals surface area (Å²) >= 11 is 9.54. The summed E-state index contributed by atoms with van der Waals surface area (Å²) in [7, 11) is 0. The standard InChI is InChI=1S/C5H9ClS2/c6-2-4-8-5-1-3-7-5/h5H,1-4H2. The van der Waals surface area contributed by atoms with E-state index in [1.165, 1.54) is 12.2 Å². The molecule has 0 aliphatic carbocycles. The summed E-state index contributed by atoms with van der Waals surface area (Å²) in [6.45, 7) is 0. The first-order valence-corrected chi connectivity index (χ1v) is 5.36. The van der Waals surface area contributed by atoms with Crippen molar-refractivity contribution in [2.45, 2.75) is 11.0 Å². The average molecular weight is 169 g/mol. The number of rotatable bonds is 3. The molecule has 1 fully saturated rings. The summed E-state index contributed by atoms with van der Waals surface area (Å²) in [5, 5.41) is 0. The third kappa shape index (κ3) is 2.08. The van der Waals surface area contributed by atoms with Crippen molar-refractivity contribution in [3.05, 3.63) is 0 Å². The summed E-state index contributed by atoms with van der Waals surface area (Å²) in [5.74, 6) is 3.29. The Morgan fingerprint density at radius 1 is 1.75 bits per heavy atom. The van der Waals surface area contributed by atoms with Gasteiger partial charge in [0.1, 0.15) is 0 Å². The normalized spacial score (nSPS) is 27.4. The zero-order valence-corrected chi connectivity index (χ0v) is 6.99. The minimum absolute atomic E-state index is 0.807. The molecule has 1 aliphatic rings. The Balaban J connectivity index is 1.86. The van der Waals surface area contributed by atoms with Crippen LogP contribution in [0, 0.1) is 0 Å². The molecule has 0 nitrogen and oxygen atoms in total. The van der Waals surface area contributed by atoms with Crippen LogP contribution >= 0.6 is 35.1 Å². The van der Waals surface area contributed by atoms with Gasteiger partial charge in [-0.25, -0.2) is 0 Å². The molecule has 1 heterocycles. The second-order valence-corrected chi connectivity index (χ2v) is 4.95. The summed E-state index contributed by atoms with van der Waals surface area (Å²) in [6, 6.07) is 0.